The maximum absolute atomic E-state index is 12.1. The van der Waals surface area contributed by atoms with Gasteiger partial charge in [-0.1, -0.05) is 71.1 Å². The molecule has 0 fully saturated rings. The number of carbonyl (C=O) groups excluding carboxylic acids is 2. The number of carbonyl (C=O) groups is 2. The molecule has 0 rings (SSSR count). The fourth-order valence-corrected chi connectivity index (χ4v) is 3.71. The molecule has 0 heterocycles. The van der Waals surface area contributed by atoms with Gasteiger partial charge in [-0.2, -0.15) is 0 Å². The van der Waals surface area contributed by atoms with E-state index in [-0.39, 0.29) is 84.8 Å². The van der Waals surface area contributed by atoms with Crippen molar-refractivity contribution in [3.05, 3.63) is 0 Å². The Bertz CT molecular complexity index is 582. The summed E-state index contributed by atoms with van der Waals surface area (Å²) < 4.78 is 31.0. The number of nitrogens with one attached hydrogen (secondary N) is 1. The smallest absolute Gasteiger partial charge is 0.790 e. The first-order valence-electron chi connectivity index (χ1n) is 13.0. The Morgan fingerprint density at radius 1 is 0.811 bits per heavy atom. The molecule has 0 aromatic heterocycles. The van der Waals surface area contributed by atoms with Gasteiger partial charge in [0.25, 0.3) is 0 Å². The van der Waals surface area contributed by atoms with Crippen LogP contribution in [0, 0.1) is 0 Å². The van der Waals surface area contributed by atoms with Crippen LogP contribution in [0.2, 0.25) is 0 Å². The second-order valence-corrected chi connectivity index (χ2v) is 9.88. The van der Waals surface area contributed by atoms with Crippen molar-refractivity contribution in [2.45, 2.75) is 110 Å². The summed E-state index contributed by atoms with van der Waals surface area (Å²) in [5.74, 6) is -0.486. The first-order chi connectivity index (χ1) is 16.7. The fourth-order valence-electron chi connectivity index (χ4n) is 3.36. The average molecular weight is 570 g/mol. The van der Waals surface area contributed by atoms with Crippen LogP contribution >= 0.6 is 7.82 Å². The summed E-state index contributed by atoms with van der Waals surface area (Å²) in [4.78, 5) is 44.4. The largest absolute Gasteiger partial charge is 1.00 e. The molecule has 1 atom stereocenters. The summed E-state index contributed by atoms with van der Waals surface area (Å²) in [6, 6.07) is 0. The van der Waals surface area contributed by atoms with E-state index in [1.54, 1.807) is 0 Å². The molecule has 0 aromatic carbocycles. The Balaban J connectivity index is -0.00000578. The zero-order valence-electron chi connectivity index (χ0n) is 23.6. The maximum atomic E-state index is 12.1. The molecule has 13 heteroatoms. The Morgan fingerprint density at radius 2 is 1.38 bits per heavy atom. The predicted octanol–water partition coefficient (Wildman–Crippen LogP) is -2.64. The van der Waals surface area contributed by atoms with E-state index in [0.29, 0.717) is 19.6 Å². The number of amides is 1. The molecule has 0 unspecified atom stereocenters. The van der Waals surface area contributed by atoms with Crippen molar-refractivity contribution < 1.29 is 102 Å². The quantitative estimate of drug-likeness (QED) is 0.0410. The van der Waals surface area contributed by atoms with Crippen LogP contribution in [-0.2, 0) is 32.9 Å². The van der Waals surface area contributed by atoms with E-state index in [1.807, 2.05) is 0 Å². The average Bonchev–Trinajstić information content (AvgIpc) is 2.79. The molecular formula is C24H46NNa2O9P. The second kappa shape index (κ2) is 29.9. The van der Waals surface area contributed by atoms with Gasteiger partial charge >= 0.3 is 65.1 Å². The third-order valence-electron chi connectivity index (χ3n) is 5.26. The normalized spacial score (nSPS) is 11.8. The Labute approximate surface area is 267 Å². The molecule has 0 aliphatic heterocycles. The van der Waals surface area contributed by atoms with Gasteiger partial charge in [0.05, 0.1) is 21.0 Å². The molecule has 0 saturated heterocycles. The van der Waals surface area contributed by atoms with E-state index < -0.39 is 26.5 Å². The summed E-state index contributed by atoms with van der Waals surface area (Å²) in [6.07, 6.45) is 12.9. The molecule has 208 valence electrons. The van der Waals surface area contributed by atoms with Crippen molar-refractivity contribution in [3.8, 4) is 0 Å². The number of hydrogen-bond donors (Lipinski definition) is 1. The fraction of sp³-hybridized carbons (Fsp3) is 0.917. The third-order valence-corrected chi connectivity index (χ3v) is 5.73. The van der Waals surface area contributed by atoms with Gasteiger partial charge in [0, 0.05) is 26.5 Å². The van der Waals surface area contributed by atoms with Gasteiger partial charge in [-0.05, 0) is 19.3 Å². The molecule has 0 aliphatic carbocycles. The molecule has 1 amide bonds. The second-order valence-electron chi connectivity index (χ2n) is 8.73. The molecule has 0 bridgehead atoms. The number of ether oxygens (including phenoxy) is 3. The third kappa shape index (κ3) is 34.9. The van der Waals surface area contributed by atoms with Crippen molar-refractivity contribution in [1.82, 2.24) is 5.32 Å². The minimum absolute atomic E-state index is 0. The SMILES string of the molecule is CCCCCCCCCCC(=O)O[C@@H](COCOCCCCCCCNC(C)=O)COP(=O)([O-])[O-].[Na+].[Na+]. The van der Waals surface area contributed by atoms with Gasteiger partial charge in [0.15, 0.2) is 0 Å². The van der Waals surface area contributed by atoms with Gasteiger partial charge in [0.1, 0.15) is 12.9 Å². The Kier molecular flexibility index (Phi) is 34.3. The van der Waals surface area contributed by atoms with E-state index in [2.05, 4.69) is 16.8 Å². The van der Waals surface area contributed by atoms with E-state index >= 15 is 0 Å². The van der Waals surface area contributed by atoms with Crippen LogP contribution in [0.15, 0.2) is 0 Å². The summed E-state index contributed by atoms with van der Waals surface area (Å²) in [5, 5.41) is 2.76. The first-order valence-corrected chi connectivity index (χ1v) is 14.5. The van der Waals surface area contributed by atoms with E-state index in [4.69, 9.17) is 14.2 Å². The molecule has 0 aromatic rings. The number of hydrogen-bond acceptors (Lipinski definition) is 9. The Hall–Kier alpha value is 0.970. The van der Waals surface area contributed by atoms with Crippen LogP contribution in [0.3, 0.4) is 0 Å². The zero-order valence-corrected chi connectivity index (χ0v) is 28.5. The van der Waals surface area contributed by atoms with Crippen LogP contribution in [0.1, 0.15) is 104 Å². The Morgan fingerprint density at radius 3 is 1.97 bits per heavy atom. The molecule has 0 radical (unpaired) electrons. The van der Waals surface area contributed by atoms with Crippen LogP contribution < -0.4 is 74.2 Å². The van der Waals surface area contributed by atoms with E-state index in [0.717, 1.165) is 51.4 Å². The first kappa shape index (κ1) is 42.4. The molecule has 0 saturated carbocycles. The van der Waals surface area contributed by atoms with Gasteiger partial charge in [-0.3, -0.25) is 9.59 Å². The number of esters is 1. The molecule has 37 heavy (non-hydrogen) atoms. The number of phosphoric ester groups is 1. The minimum Gasteiger partial charge on any atom is -0.790 e. The number of unbranched alkanes of at least 4 members (excludes halogenated alkanes) is 11. The standard InChI is InChI=1S/C24H48NO9P.2Na/c1-3-4-5-6-7-8-10-13-16-24(27)34-23(20-33-35(28,29)30)19-32-21-31-18-15-12-9-11-14-17-25-22(2)26;;/h23H,3-21H2,1-2H3,(H,25,26)(H2,28,29,30);;/q;2*+1/p-2/t23-;;/m0../s1. The van der Waals surface area contributed by atoms with Crippen LogP contribution in [0.5, 0.6) is 0 Å². The summed E-state index contributed by atoms with van der Waals surface area (Å²) in [6.45, 7) is 4.13. The maximum Gasteiger partial charge on any atom is 1.00 e. The van der Waals surface area contributed by atoms with Crippen molar-refractivity contribution in [3.63, 3.8) is 0 Å². The molecule has 1 N–H and O–H groups in total. The predicted molar refractivity (Wildman–Crippen MR) is 129 cm³/mol. The monoisotopic (exact) mass is 569 g/mol. The van der Waals surface area contributed by atoms with Crippen molar-refractivity contribution in [1.29, 1.82) is 0 Å². The van der Waals surface area contributed by atoms with E-state index in [1.165, 1.54) is 32.6 Å². The minimum atomic E-state index is -5.18. The van der Waals surface area contributed by atoms with Gasteiger partial charge in [0.2, 0.25) is 5.91 Å². The molecule has 10 nitrogen and oxygen atoms in total. The molecular weight excluding hydrogens is 523 g/mol. The molecule has 0 spiro atoms. The van der Waals surface area contributed by atoms with E-state index in [9.17, 15) is 23.9 Å². The van der Waals surface area contributed by atoms with Crippen molar-refractivity contribution in [2.24, 2.45) is 0 Å². The summed E-state index contributed by atoms with van der Waals surface area (Å²) >= 11 is 0. The van der Waals surface area contributed by atoms with Crippen molar-refractivity contribution in [2.75, 3.05) is 33.2 Å². The summed E-state index contributed by atoms with van der Waals surface area (Å²) in [5.41, 5.74) is 0. The van der Waals surface area contributed by atoms with Gasteiger partial charge in [-0.15, -0.1) is 0 Å². The van der Waals surface area contributed by atoms with Crippen molar-refractivity contribution >= 4 is 19.7 Å². The van der Waals surface area contributed by atoms with Crippen LogP contribution in [-0.4, -0.2) is 51.1 Å². The zero-order chi connectivity index (χ0) is 26.2. The number of phosphoric acid groups is 1. The topological polar surface area (TPSA) is 146 Å². The van der Waals surface area contributed by atoms with Crippen LogP contribution in [0.25, 0.3) is 0 Å². The van der Waals surface area contributed by atoms with Gasteiger partial charge in [-0.25, -0.2) is 0 Å². The number of rotatable bonds is 25. The van der Waals surface area contributed by atoms with Crippen LogP contribution in [0.4, 0.5) is 0 Å². The van der Waals surface area contributed by atoms with Gasteiger partial charge < -0.3 is 38.4 Å². The summed E-state index contributed by atoms with van der Waals surface area (Å²) in [7, 11) is -5.18. The molecule has 0 aliphatic rings.